The van der Waals surface area contributed by atoms with Gasteiger partial charge in [-0.3, -0.25) is 14.2 Å². The summed E-state index contributed by atoms with van der Waals surface area (Å²) in [5, 5.41) is 11.4. The lowest BCUT2D eigenvalue weighted by atomic mass is 10.1. The van der Waals surface area contributed by atoms with E-state index in [9.17, 15) is 4.79 Å². The van der Waals surface area contributed by atoms with E-state index in [0.717, 1.165) is 21.2 Å². The summed E-state index contributed by atoms with van der Waals surface area (Å²) < 4.78 is 5.22. The number of aromatic nitrogens is 4. The van der Waals surface area contributed by atoms with Crippen molar-refractivity contribution in [2.24, 2.45) is 0 Å². The third kappa shape index (κ3) is 3.37. The molecule has 21 heavy (non-hydrogen) atoms. The molecule has 0 aliphatic heterocycles. The third-order valence-electron chi connectivity index (χ3n) is 3.29. The van der Waals surface area contributed by atoms with Gasteiger partial charge in [0.2, 0.25) is 5.91 Å². The summed E-state index contributed by atoms with van der Waals surface area (Å²) in [6, 6.07) is 0. The van der Waals surface area contributed by atoms with Crippen molar-refractivity contribution in [3.63, 3.8) is 0 Å². The van der Waals surface area contributed by atoms with Gasteiger partial charge >= 0.3 is 0 Å². The van der Waals surface area contributed by atoms with Crippen LogP contribution in [0, 0.1) is 0 Å². The number of carbonyl (C=O) groups is 1. The molecule has 2 rings (SSSR count). The van der Waals surface area contributed by atoms with Crippen molar-refractivity contribution in [1.82, 2.24) is 24.9 Å². The second kappa shape index (κ2) is 6.31. The van der Waals surface area contributed by atoms with E-state index in [1.807, 2.05) is 25.5 Å². The van der Waals surface area contributed by atoms with Crippen LogP contribution in [0.25, 0.3) is 0 Å². The van der Waals surface area contributed by atoms with Crippen molar-refractivity contribution < 1.29 is 4.79 Å². The summed E-state index contributed by atoms with van der Waals surface area (Å²) in [5.41, 5.74) is 0.179. The van der Waals surface area contributed by atoms with E-state index in [1.54, 1.807) is 23.3 Å². The van der Waals surface area contributed by atoms with Crippen molar-refractivity contribution in [2.45, 2.75) is 39.4 Å². The zero-order chi connectivity index (χ0) is 15.6. The Bertz CT molecular complexity index is 647. The first-order chi connectivity index (χ1) is 9.86. The average molecular weight is 419 g/mol. The molecule has 0 saturated heterocycles. The lowest BCUT2D eigenvalue weighted by Gasteiger charge is -2.24. The molecule has 0 aliphatic carbocycles. The molecule has 6 nitrogen and oxygen atoms in total. The minimum Gasteiger partial charge on any atom is -0.348 e. The van der Waals surface area contributed by atoms with Gasteiger partial charge in [-0.25, -0.2) is 0 Å². The fourth-order valence-corrected chi connectivity index (χ4v) is 2.65. The smallest absolute Gasteiger partial charge is 0.247 e. The fraction of sp³-hybridized carbons (Fsp3) is 0.462. The highest BCUT2D eigenvalue weighted by Gasteiger charge is 2.30. The Hall–Kier alpha value is -1.15. The highest BCUT2D eigenvalue weighted by Crippen LogP contribution is 2.19. The van der Waals surface area contributed by atoms with E-state index in [4.69, 9.17) is 0 Å². The minimum atomic E-state index is -0.768. The number of halogens is 2. The van der Waals surface area contributed by atoms with E-state index in [-0.39, 0.29) is 5.91 Å². The fourth-order valence-electron chi connectivity index (χ4n) is 1.93. The zero-order valence-corrected chi connectivity index (χ0v) is 15.3. The topological polar surface area (TPSA) is 64.7 Å². The van der Waals surface area contributed by atoms with Crippen LogP contribution in [0.1, 0.15) is 26.5 Å². The second-order valence-electron chi connectivity index (χ2n) is 5.10. The summed E-state index contributed by atoms with van der Waals surface area (Å²) in [7, 11) is 0. The van der Waals surface area contributed by atoms with E-state index >= 15 is 0 Å². The standard InChI is InChI=1S/C13H17Br2N5O/c1-4-19-11(10(15)6-17-19)7-16-12(21)13(2,3)20-8-9(14)5-18-20/h5-6,8H,4,7H2,1-3H3,(H,16,21). The predicted molar refractivity (Wildman–Crippen MR) is 86.7 cm³/mol. The second-order valence-corrected chi connectivity index (χ2v) is 6.87. The number of rotatable bonds is 5. The Labute approximate surface area is 140 Å². The van der Waals surface area contributed by atoms with Crippen LogP contribution in [-0.4, -0.2) is 25.5 Å². The maximum absolute atomic E-state index is 12.4. The van der Waals surface area contributed by atoms with Crippen molar-refractivity contribution in [1.29, 1.82) is 0 Å². The molecular formula is C13H17Br2N5O. The number of hydrogen-bond donors (Lipinski definition) is 1. The van der Waals surface area contributed by atoms with Crippen molar-refractivity contribution in [3.05, 3.63) is 33.2 Å². The monoisotopic (exact) mass is 417 g/mol. The van der Waals surface area contributed by atoms with Gasteiger partial charge in [-0.15, -0.1) is 0 Å². The largest absolute Gasteiger partial charge is 0.348 e. The van der Waals surface area contributed by atoms with Crippen LogP contribution in [0.3, 0.4) is 0 Å². The minimum absolute atomic E-state index is 0.103. The molecule has 0 fully saturated rings. The quantitative estimate of drug-likeness (QED) is 0.811. The molecule has 0 unspecified atom stereocenters. The average Bonchev–Trinajstić information content (AvgIpc) is 3.02. The zero-order valence-electron chi connectivity index (χ0n) is 12.1. The van der Waals surface area contributed by atoms with Gasteiger partial charge in [-0.05, 0) is 52.6 Å². The number of nitrogens with zero attached hydrogens (tertiary/aromatic N) is 4. The van der Waals surface area contributed by atoms with Gasteiger partial charge in [0.1, 0.15) is 5.54 Å². The molecule has 0 atom stereocenters. The summed E-state index contributed by atoms with van der Waals surface area (Å²) in [5.74, 6) is -0.103. The Kier molecular flexibility index (Phi) is 4.88. The molecule has 0 bridgehead atoms. The first kappa shape index (κ1) is 16.2. The molecule has 2 heterocycles. The van der Waals surface area contributed by atoms with Crippen LogP contribution in [0.2, 0.25) is 0 Å². The predicted octanol–water partition coefficient (Wildman–Crippen LogP) is 2.68. The number of carbonyl (C=O) groups excluding carboxylic acids is 1. The van der Waals surface area contributed by atoms with E-state index < -0.39 is 5.54 Å². The molecule has 114 valence electrons. The first-order valence-electron chi connectivity index (χ1n) is 6.55. The van der Waals surface area contributed by atoms with Gasteiger partial charge in [0, 0.05) is 12.7 Å². The van der Waals surface area contributed by atoms with Gasteiger partial charge in [0.25, 0.3) is 0 Å². The van der Waals surface area contributed by atoms with Gasteiger partial charge in [0.15, 0.2) is 0 Å². The molecule has 1 amide bonds. The molecule has 2 aromatic heterocycles. The van der Waals surface area contributed by atoms with Gasteiger partial charge in [-0.2, -0.15) is 10.2 Å². The molecule has 0 saturated carbocycles. The number of amides is 1. The first-order valence-corrected chi connectivity index (χ1v) is 8.14. The molecule has 8 heteroatoms. The number of aryl methyl sites for hydroxylation is 1. The van der Waals surface area contributed by atoms with E-state index in [1.165, 1.54) is 0 Å². The molecule has 0 spiro atoms. The summed E-state index contributed by atoms with van der Waals surface area (Å²) in [6.45, 7) is 6.84. The Balaban J connectivity index is 2.09. The molecule has 0 radical (unpaired) electrons. The van der Waals surface area contributed by atoms with Gasteiger partial charge in [0.05, 0.1) is 33.6 Å². The Morgan fingerprint density at radius 1 is 1.33 bits per heavy atom. The normalized spacial score (nSPS) is 11.7. The molecule has 0 aromatic carbocycles. The van der Waals surface area contributed by atoms with Crippen molar-refractivity contribution >= 4 is 37.8 Å². The Morgan fingerprint density at radius 3 is 2.62 bits per heavy atom. The van der Waals surface area contributed by atoms with Crippen LogP contribution in [0.5, 0.6) is 0 Å². The van der Waals surface area contributed by atoms with Gasteiger partial charge < -0.3 is 5.32 Å². The molecule has 2 aromatic rings. The molecular weight excluding hydrogens is 402 g/mol. The van der Waals surface area contributed by atoms with Crippen LogP contribution < -0.4 is 5.32 Å². The summed E-state index contributed by atoms with van der Waals surface area (Å²) in [4.78, 5) is 12.4. The van der Waals surface area contributed by atoms with E-state index in [0.29, 0.717) is 6.54 Å². The van der Waals surface area contributed by atoms with Crippen LogP contribution >= 0.6 is 31.9 Å². The van der Waals surface area contributed by atoms with Crippen LogP contribution in [0.15, 0.2) is 27.5 Å². The lowest BCUT2D eigenvalue weighted by molar-refractivity contribution is -0.129. The number of nitrogens with one attached hydrogen (secondary N) is 1. The third-order valence-corrected chi connectivity index (χ3v) is 4.37. The lowest BCUT2D eigenvalue weighted by Crippen LogP contribution is -2.44. The summed E-state index contributed by atoms with van der Waals surface area (Å²) >= 11 is 6.79. The van der Waals surface area contributed by atoms with Crippen LogP contribution in [0.4, 0.5) is 0 Å². The SMILES string of the molecule is CCn1ncc(Br)c1CNC(=O)C(C)(C)n1cc(Br)cn1. The summed E-state index contributed by atoms with van der Waals surface area (Å²) in [6.07, 6.45) is 5.18. The highest BCUT2D eigenvalue weighted by atomic mass is 79.9. The Morgan fingerprint density at radius 2 is 2.05 bits per heavy atom. The number of hydrogen-bond acceptors (Lipinski definition) is 3. The molecule has 1 N–H and O–H groups in total. The van der Waals surface area contributed by atoms with Gasteiger partial charge in [-0.1, -0.05) is 0 Å². The maximum Gasteiger partial charge on any atom is 0.247 e. The van der Waals surface area contributed by atoms with Crippen molar-refractivity contribution in [3.8, 4) is 0 Å². The van der Waals surface area contributed by atoms with Crippen LogP contribution in [-0.2, 0) is 23.4 Å². The highest BCUT2D eigenvalue weighted by molar-refractivity contribution is 9.10. The van der Waals surface area contributed by atoms with E-state index in [2.05, 4.69) is 47.4 Å². The molecule has 0 aliphatic rings. The maximum atomic E-state index is 12.4. The van der Waals surface area contributed by atoms with Crippen molar-refractivity contribution in [2.75, 3.05) is 0 Å².